The highest BCUT2D eigenvalue weighted by molar-refractivity contribution is 6.00. The van der Waals surface area contributed by atoms with Crippen LogP contribution in [0, 0.1) is 19.8 Å². The number of benzene rings is 2. The van der Waals surface area contributed by atoms with E-state index in [-0.39, 0.29) is 24.6 Å². The predicted molar refractivity (Wildman–Crippen MR) is 132 cm³/mol. The Balaban J connectivity index is 1.42. The van der Waals surface area contributed by atoms with E-state index in [0.717, 1.165) is 11.3 Å². The lowest BCUT2D eigenvalue weighted by Crippen LogP contribution is -2.34. The summed E-state index contributed by atoms with van der Waals surface area (Å²) in [6.45, 7) is 5.30. The third kappa shape index (κ3) is 4.75. The summed E-state index contributed by atoms with van der Waals surface area (Å²) in [5.74, 6) is -2.09. The standard InChI is InChI=1S/C26H28N4O5/c1-16-10-12-20(13-11-16)29-15-19(14-22(29)31)26(34)35-18(3)24(32)27-23-17(2)28(4)30(25(23)33)21-8-6-5-7-9-21/h5-13,18-19H,14-15H2,1-4H3,(H,27,32). The van der Waals surface area contributed by atoms with Crippen molar-refractivity contribution in [2.75, 3.05) is 16.8 Å². The van der Waals surface area contributed by atoms with Crippen LogP contribution in [0.25, 0.3) is 5.69 Å². The number of ether oxygens (including phenoxy) is 1. The summed E-state index contributed by atoms with van der Waals surface area (Å²) < 4.78 is 8.47. The highest BCUT2D eigenvalue weighted by Gasteiger charge is 2.37. The Morgan fingerprint density at radius 1 is 1.00 bits per heavy atom. The minimum Gasteiger partial charge on any atom is -0.452 e. The molecule has 0 bridgehead atoms. The van der Waals surface area contributed by atoms with Crippen LogP contribution in [0.4, 0.5) is 11.4 Å². The van der Waals surface area contributed by atoms with Crippen LogP contribution in [-0.4, -0.2) is 39.8 Å². The normalized spacial score (nSPS) is 16.3. The van der Waals surface area contributed by atoms with Crippen LogP contribution in [0.15, 0.2) is 59.4 Å². The zero-order chi connectivity index (χ0) is 25.3. The predicted octanol–water partition coefficient (Wildman–Crippen LogP) is 2.72. The fourth-order valence-corrected chi connectivity index (χ4v) is 4.10. The van der Waals surface area contributed by atoms with Gasteiger partial charge in [-0.05, 0) is 45.0 Å². The van der Waals surface area contributed by atoms with Crippen LogP contribution in [0.1, 0.15) is 24.6 Å². The number of aromatic nitrogens is 2. The molecule has 3 aromatic rings. The van der Waals surface area contributed by atoms with E-state index in [9.17, 15) is 19.2 Å². The zero-order valence-electron chi connectivity index (χ0n) is 20.1. The smallest absolute Gasteiger partial charge is 0.312 e. The minimum absolute atomic E-state index is 0.0145. The largest absolute Gasteiger partial charge is 0.452 e. The van der Waals surface area contributed by atoms with Crippen molar-refractivity contribution in [2.45, 2.75) is 33.3 Å². The highest BCUT2D eigenvalue weighted by atomic mass is 16.5. The van der Waals surface area contributed by atoms with Crippen LogP contribution in [0.3, 0.4) is 0 Å². The summed E-state index contributed by atoms with van der Waals surface area (Å²) in [7, 11) is 1.72. The molecule has 0 saturated carbocycles. The number of nitrogens with one attached hydrogen (secondary N) is 1. The van der Waals surface area contributed by atoms with Gasteiger partial charge in [0, 0.05) is 25.7 Å². The molecule has 1 aliphatic rings. The van der Waals surface area contributed by atoms with Gasteiger partial charge < -0.3 is 15.0 Å². The van der Waals surface area contributed by atoms with Crippen molar-refractivity contribution < 1.29 is 19.1 Å². The molecule has 0 spiro atoms. The molecule has 1 saturated heterocycles. The maximum absolute atomic E-state index is 13.0. The quantitative estimate of drug-likeness (QED) is 0.551. The molecule has 35 heavy (non-hydrogen) atoms. The lowest BCUT2D eigenvalue weighted by Gasteiger charge is -2.18. The van der Waals surface area contributed by atoms with Gasteiger partial charge in [0.15, 0.2) is 6.10 Å². The van der Waals surface area contributed by atoms with E-state index < -0.39 is 29.5 Å². The average molecular weight is 477 g/mol. The number of hydrogen-bond acceptors (Lipinski definition) is 5. The van der Waals surface area contributed by atoms with E-state index in [0.29, 0.717) is 11.4 Å². The lowest BCUT2D eigenvalue weighted by atomic mass is 10.1. The molecule has 182 valence electrons. The van der Waals surface area contributed by atoms with E-state index in [1.807, 2.05) is 49.4 Å². The van der Waals surface area contributed by atoms with Crippen molar-refractivity contribution >= 4 is 29.2 Å². The van der Waals surface area contributed by atoms with Crippen molar-refractivity contribution in [1.29, 1.82) is 0 Å². The van der Waals surface area contributed by atoms with Gasteiger partial charge in [-0.1, -0.05) is 35.9 Å². The van der Waals surface area contributed by atoms with E-state index in [1.54, 1.807) is 35.7 Å². The molecule has 2 amide bonds. The van der Waals surface area contributed by atoms with Gasteiger partial charge in [-0.3, -0.25) is 23.9 Å². The maximum atomic E-state index is 13.0. The summed E-state index contributed by atoms with van der Waals surface area (Å²) in [6, 6.07) is 16.5. The van der Waals surface area contributed by atoms with Crippen LogP contribution in [0.2, 0.25) is 0 Å². The second-order valence-corrected chi connectivity index (χ2v) is 8.75. The molecule has 1 aliphatic heterocycles. The van der Waals surface area contributed by atoms with Gasteiger partial charge in [0.05, 0.1) is 17.3 Å². The molecule has 2 atom stereocenters. The Morgan fingerprint density at radius 3 is 2.31 bits per heavy atom. The summed E-state index contributed by atoms with van der Waals surface area (Å²) in [5, 5.41) is 2.61. The molecule has 1 aromatic heterocycles. The second kappa shape index (κ2) is 9.61. The highest BCUT2D eigenvalue weighted by Crippen LogP contribution is 2.26. The molecule has 9 heteroatoms. The number of hydrogen-bond donors (Lipinski definition) is 1. The van der Waals surface area contributed by atoms with Crippen LogP contribution in [0.5, 0.6) is 0 Å². The van der Waals surface area contributed by atoms with Crippen molar-refractivity contribution in [1.82, 2.24) is 9.36 Å². The van der Waals surface area contributed by atoms with Gasteiger partial charge in [-0.2, -0.15) is 0 Å². The number of nitrogens with zero attached hydrogens (tertiary/aromatic N) is 3. The van der Waals surface area contributed by atoms with Gasteiger partial charge >= 0.3 is 5.97 Å². The lowest BCUT2D eigenvalue weighted by molar-refractivity contribution is -0.157. The molecule has 0 aliphatic carbocycles. The van der Waals surface area contributed by atoms with Crippen molar-refractivity contribution in [3.05, 3.63) is 76.2 Å². The first-order valence-electron chi connectivity index (χ1n) is 11.4. The van der Waals surface area contributed by atoms with Crippen LogP contribution >= 0.6 is 0 Å². The molecule has 9 nitrogen and oxygen atoms in total. The SMILES string of the molecule is Cc1ccc(N2CC(C(=O)OC(C)C(=O)Nc3c(C)n(C)n(-c4ccccc4)c3=O)CC2=O)cc1. The molecule has 0 radical (unpaired) electrons. The van der Waals surface area contributed by atoms with Crippen molar-refractivity contribution in [3.63, 3.8) is 0 Å². The molecule has 4 rings (SSSR count). The maximum Gasteiger partial charge on any atom is 0.312 e. The summed E-state index contributed by atoms with van der Waals surface area (Å²) in [6.07, 6.45) is -1.13. The van der Waals surface area contributed by atoms with Crippen molar-refractivity contribution in [3.8, 4) is 5.69 Å². The molecular formula is C26H28N4O5. The molecule has 1 fully saturated rings. The van der Waals surface area contributed by atoms with Gasteiger partial charge in [0.2, 0.25) is 5.91 Å². The second-order valence-electron chi connectivity index (χ2n) is 8.75. The summed E-state index contributed by atoms with van der Waals surface area (Å²) >= 11 is 0. The zero-order valence-corrected chi connectivity index (χ0v) is 20.1. The van der Waals surface area contributed by atoms with Gasteiger partial charge in [0.1, 0.15) is 5.69 Å². The third-order valence-corrected chi connectivity index (χ3v) is 6.27. The van der Waals surface area contributed by atoms with E-state index in [1.165, 1.54) is 11.6 Å². The Kier molecular flexibility index (Phi) is 6.59. The van der Waals surface area contributed by atoms with Crippen LogP contribution in [-0.2, 0) is 26.2 Å². The number of carbonyl (C=O) groups excluding carboxylic acids is 3. The number of para-hydroxylation sites is 1. The average Bonchev–Trinajstić information content (AvgIpc) is 3.33. The fraction of sp³-hybridized carbons (Fsp3) is 0.308. The van der Waals surface area contributed by atoms with Gasteiger partial charge in [0.25, 0.3) is 11.5 Å². The topological polar surface area (TPSA) is 103 Å². The number of carbonyl (C=O) groups is 3. The minimum atomic E-state index is -1.14. The molecule has 2 heterocycles. The molecule has 2 unspecified atom stereocenters. The molecular weight excluding hydrogens is 448 g/mol. The Hall–Kier alpha value is -4.14. The van der Waals surface area contributed by atoms with Crippen LogP contribution < -0.4 is 15.8 Å². The first-order valence-corrected chi connectivity index (χ1v) is 11.4. The number of esters is 1. The number of anilines is 2. The first kappa shape index (κ1) is 24.0. The fourth-order valence-electron chi connectivity index (χ4n) is 4.10. The number of aryl methyl sites for hydroxylation is 1. The van der Waals surface area contributed by atoms with E-state index in [4.69, 9.17) is 4.74 Å². The molecule has 1 N–H and O–H groups in total. The van der Waals surface area contributed by atoms with E-state index in [2.05, 4.69) is 5.32 Å². The van der Waals surface area contributed by atoms with Gasteiger partial charge in [-0.25, -0.2) is 4.68 Å². The third-order valence-electron chi connectivity index (χ3n) is 6.27. The first-order chi connectivity index (χ1) is 16.7. The monoisotopic (exact) mass is 476 g/mol. The van der Waals surface area contributed by atoms with Crippen molar-refractivity contribution in [2.24, 2.45) is 13.0 Å². The summed E-state index contributed by atoms with van der Waals surface area (Å²) in [4.78, 5) is 52.5. The molecule has 2 aromatic carbocycles. The Bertz CT molecular complexity index is 1320. The number of amides is 2. The Morgan fingerprint density at radius 2 is 1.66 bits per heavy atom. The Labute approximate surface area is 202 Å². The number of rotatable bonds is 6. The summed E-state index contributed by atoms with van der Waals surface area (Å²) in [5.41, 5.74) is 2.73. The van der Waals surface area contributed by atoms with E-state index >= 15 is 0 Å². The van der Waals surface area contributed by atoms with Gasteiger partial charge in [-0.15, -0.1) is 0 Å².